The van der Waals surface area contributed by atoms with Crippen molar-refractivity contribution in [2.75, 3.05) is 0 Å². The second-order valence-corrected chi connectivity index (χ2v) is 5.68. The van der Waals surface area contributed by atoms with Crippen LogP contribution in [-0.2, 0) is 0 Å². The van der Waals surface area contributed by atoms with E-state index in [2.05, 4.69) is 19.9 Å². The van der Waals surface area contributed by atoms with Gasteiger partial charge in [-0.1, -0.05) is 50.3 Å². The largest absolute Gasteiger partial charge is 0.456 e. The predicted octanol–water partition coefficient (Wildman–Crippen LogP) is 5.01. The summed E-state index contributed by atoms with van der Waals surface area (Å²) in [6.45, 7) is 4.35. The molecule has 2 heteroatoms. The van der Waals surface area contributed by atoms with Gasteiger partial charge in [0, 0.05) is 0 Å². The number of hydrogen-bond donors (Lipinski definition) is 0. The lowest BCUT2D eigenvalue weighted by Gasteiger charge is -2.04. The molecule has 0 saturated heterocycles. The first-order valence-electron chi connectivity index (χ1n) is 7.28. The normalized spacial score (nSPS) is 12.0. The van der Waals surface area contributed by atoms with Crippen LogP contribution in [0.1, 0.15) is 25.8 Å². The zero-order valence-corrected chi connectivity index (χ0v) is 12.3. The van der Waals surface area contributed by atoms with Crippen LogP contribution in [0.25, 0.3) is 28.0 Å². The summed E-state index contributed by atoms with van der Waals surface area (Å²) in [5.41, 5.74) is 2.24. The van der Waals surface area contributed by atoms with Crippen molar-refractivity contribution in [3.8, 4) is 0 Å². The van der Waals surface area contributed by atoms with Crippen molar-refractivity contribution in [3.05, 3.63) is 64.3 Å². The predicted molar refractivity (Wildman–Crippen MR) is 88.5 cm³/mol. The first-order valence-corrected chi connectivity index (χ1v) is 7.28. The minimum Gasteiger partial charge on any atom is -0.456 e. The highest BCUT2D eigenvalue weighted by Gasteiger charge is 2.09. The summed E-state index contributed by atoms with van der Waals surface area (Å²) in [5, 5.41) is 1.30. The fourth-order valence-electron chi connectivity index (χ4n) is 2.48. The Kier molecular flexibility index (Phi) is 3.61. The number of fused-ring (bicyclic) bond motifs is 2. The van der Waals surface area contributed by atoms with Crippen LogP contribution in [0.5, 0.6) is 0 Å². The molecule has 0 bridgehead atoms. The molecular weight excluding hydrogens is 260 g/mol. The Morgan fingerprint density at radius 1 is 1.05 bits per heavy atom. The minimum absolute atomic E-state index is 0.0386. The summed E-state index contributed by atoms with van der Waals surface area (Å²) < 4.78 is 5.86. The van der Waals surface area contributed by atoms with Crippen LogP contribution in [-0.4, -0.2) is 0 Å². The SMILES string of the molecule is CC(C)CC=Cc1cccc2oc3ccccc3c(=O)c12. The van der Waals surface area contributed by atoms with E-state index in [0.717, 1.165) is 12.0 Å². The van der Waals surface area contributed by atoms with Crippen molar-refractivity contribution in [3.63, 3.8) is 0 Å². The van der Waals surface area contributed by atoms with Crippen LogP contribution in [0, 0.1) is 5.92 Å². The molecule has 21 heavy (non-hydrogen) atoms. The molecule has 2 nitrogen and oxygen atoms in total. The molecule has 0 aliphatic heterocycles. The molecule has 0 N–H and O–H groups in total. The smallest absolute Gasteiger partial charge is 0.201 e. The maximum atomic E-state index is 12.7. The lowest BCUT2D eigenvalue weighted by molar-refractivity contribution is 0.660. The zero-order chi connectivity index (χ0) is 14.8. The van der Waals surface area contributed by atoms with E-state index in [1.165, 1.54) is 0 Å². The van der Waals surface area contributed by atoms with Crippen molar-refractivity contribution in [2.24, 2.45) is 5.92 Å². The van der Waals surface area contributed by atoms with E-state index in [0.29, 0.717) is 27.9 Å². The van der Waals surface area contributed by atoms with Gasteiger partial charge in [0.1, 0.15) is 11.2 Å². The van der Waals surface area contributed by atoms with Gasteiger partial charge in [0.15, 0.2) is 0 Å². The Hall–Kier alpha value is -2.35. The van der Waals surface area contributed by atoms with Crippen molar-refractivity contribution >= 4 is 28.0 Å². The Balaban J connectivity index is 2.25. The van der Waals surface area contributed by atoms with E-state index in [-0.39, 0.29) is 5.43 Å². The van der Waals surface area contributed by atoms with E-state index in [1.807, 2.05) is 48.5 Å². The lowest BCUT2D eigenvalue weighted by atomic mass is 10.0. The number of rotatable bonds is 3. The molecule has 0 saturated carbocycles. The van der Waals surface area contributed by atoms with Gasteiger partial charge >= 0.3 is 0 Å². The second-order valence-electron chi connectivity index (χ2n) is 5.68. The van der Waals surface area contributed by atoms with Gasteiger partial charge in [0.2, 0.25) is 5.43 Å². The molecule has 0 aliphatic rings. The standard InChI is InChI=1S/C19H18O2/c1-13(2)7-5-8-14-9-6-12-17-18(14)19(20)15-10-3-4-11-16(15)21-17/h3-6,8-13H,7H2,1-2H3. The third-order valence-electron chi connectivity index (χ3n) is 3.54. The van der Waals surface area contributed by atoms with Gasteiger partial charge in [0.25, 0.3) is 0 Å². The molecule has 0 fully saturated rings. The first-order chi connectivity index (χ1) is 10.2. The fraction of sp³-hybridized carbons (Fsp3) is 0.211. The van der Waals surface area contributed by atoms with Crippen molar-refractivity contribution in [2.45, 2.75) is 20.3 Å². The molecular formula is C19H18O2. The van der Waals surface area contributed by atoms with Crippen LogP contribution in [0.2, 0.25) is 0 Å². The third kappa shape index (κ3) is 2.62. The summed E-state index contributed by atoms with van der Waals surface area (Å²) in [7, 11) is 0. The average Bonchev–Trinajstić information content (AvgIpc) is 2.47. The van der Waals surface area contributed by atoms with E-state index in [1.54, 1.807) is 0 Å². The zero-order valence-electron chi connectivity index (χ0n) is 12.3. The summed E-state index contributed by atoms with van der Waals surface area (Å²) in [4.78, 5) is 12.7. The van der Waals surface area contributed by atoms with Gasteiger partial charge in [0.05, 0.1) is 10.8 Å². The lowest BCUT2D eigenvalue weighted by Crippen LogP contribution is -2.03. The number of para-hydroxylation sites is 1. The maximum absolute atomic E-state index is 12.7. The van der Waals surface area contributed by atoms with E-state index >= 15 is 0 Å². The Morgan fingerprint density at radius 3 is 2.62 bits per heavy atom. The highest BCUT2D eigenvalue weighted by molar-refractivity contribution is 5.94. The number of benzene rings is 2. The van der Waals surface area contributed by atoms with E-state index in [9.17, 15) is 4.79 Å². The summed E-state index contributed by atoms with van der Waals surface area (Å²) in [6.07, 6.45) is 5.14. The van der Waals surface area contributed by atoms with Gasteiger partial charge in [-0.3, -0.25) is 4.79 Å². The molecule has 0 spiro atoms. The monoisotopic (exact) mass is 278 g/mol. The Bertz CT molecular complexity index is 869. The van der Waals surface area contributed by atoms with Crippen LogP contribution >= 0.6 is 0 Å². The van der Waals surface area contributed by atoms with Crippen molar-refractivity contribution < 1.29 is 4.42 Å². The van der Waals surface area contributed by atoms with Gasteiger partial charge in [-0.05, 0) is 36.1 Å². The summed E-state index contributed by atoms with van der Waals surface area (Å²) in [6, 6.07) is 13.1. The van der Waals surface area contributed by atoms with E-state index < -0.39 is 0 Å². The molecule has 0 radical (unpaired) electrons. The fourth-order valence-corrected chi connectivity index (χ4v) is 2.48. The summed E-state index contributed by atoms with van der Waals surface area (Å²) >= 11 is 0. The topological polar surface area (TPSA) is 30.2 Å². The molecule has 3 aromatic rings. The number of hydrogen-bond acceptors (Lipinski definition) is 2. The minimum atomic E-state index is 0.0386. The Labute approximate surface area is 123 Å². The van der Waals surface area contributed by atoms with Crippen LogP contribution < -0.4 is 5.43 Å². The molecule has 0 atom stereocenters. The molecule has 3 rings (SSSR count). The second kappa shape index (κ2) is 5.57. The van der Waals surface area contributed by atoms with Crippen molar-refractivity contribution in [1.82, 2.24) is 0 Å². The molecule has 1 heterocycles. The van der Waals surface area contributed by atoms with Gasteiger partial charge in [-0.2, -0.15) is 0 Å². The van der Waals surface area contributed by atoms with Gasteiger partial charge < -0.3 is 4.42 Å². The van der Waals surface area contributed by atoms with Gasteiger partial charge in [-0.25, -0.2) is 0 Å². The third-order valence-corrected chi connectivity index (χ3v) is 3.54. The maximum Gasteiger partial charge on any atom is 0.201 e. The molecule has 2 aromatic carbocycles. The van der Waals surface area contributed by atoms with Crippen molar-refractivity contribution in [1.29, 1.82) is 0 Å². The first kappa shape index (κ1) is 13.6. The van der Waals surface area contributed by atoms with E-state index in [4.69, 9.17) is 4.42 Å². The van der Waals surface area contributed by atoms with Crippen LogP contribution in [0.15, 0.2) is 57.8 Å². The highest BCUT2D eigenvalue weighted by Crippen LogP contribution is 2.22. The molecule has 0 unspecified atom stereocenters. The molecule has 0 aliphatic carbocycles. The van der Waals surface area contributed by atoms with Crippen LogP contribution in [0.3, 0.4) is 0 Å². The highest BCUT2D eigenvalue weighted by atomic mass is 16.3. The molecule has 0 amide bonds. The molecule has 106 valence electrons. The average molecular weight is 278 g/mol. The Morgan fingerprint density at radius 2 is 1.81 bits per heavy atom. The number of allylic oxidation sites excluding steroid dienone is 1. The molecule has 1 aromatic heterocycles. The quantitative estimate of drug-likeness (QED) is 0.631. The van der Waals surface area contributed by atoms with Crippen LogP contribution in [0.4, 0.5) is 0 Å². The van der Waals surface area contributed by atoms with Gasteiger partial charge in [-0.15, -0.1) is 0 Å². The summed E-state index contributed by atoms with van der Waals surface area (Å²) in [5.74, 6) is 0.605.